The molecular weight excluding hydrogens is 378 g/mol. The van der Waals surface area contributed by atoms with Crippen LogP contribution in [-0.4, -0.2) is 22.3 Å². The number of amides is 1. The van der Waals surface area contributed by atoms with Crippen molar-refractivity contribution in [3.63, 3.8) is 0 Å². The van der Waals surface area contributed by atoms with Gasteiger partial charge in [-0.05, 0) is 37.1 Å². The van der Waals surface area contributed by atoms with Gasteiger partial charge in [-0.15, -0.1) is 0 Å². The number of fused-ring (bicyclic) bond motifs is 1. The zero-order valence-electron chi connectivity index (χ0n) is 16.0. The Labute approximate surface area is 168 Å². The zero-order valence-corrected chi connectivity index (χ0v) is 16.8. The Morgan fingerprint density at radius 3 is 2.61 bits per heavy atom. The summed E-state index contributed by atoms with van der Waals surface area (Å²) in [5, 5.41) is 8.73. The number of carbonyl (C=O) groups is 1. The molecule has 1 heterocycles. The largest absolute Gasteiger partial charge is 0.492 e. The first kappa shape index (κ1) is 19.9. The van der Waals surface area contributed by atoms with E-state index >= 15 is 0 Å². The monoisotopic (exact) mass is 399 g/mol. The van der Waals surface area contributed by atoms with Crippen molar-refractivity contribution >= 4 is 34.0 Å². The summed E-state index contributed by atoms with van der Waals surface area (Å²) in [6, 6.07) is 12.3. The van der Waals surface area contributed by atoms with Gasteiger partial charge in [0.25, 0.3) is 5.56 Å². The number of benzene rings is 2. The van der Waals surface area contributed by atoms with Crippen molar-refractivity contribution in [2.75, 3.05) is 11.9 Å². The Kier molecular flexibility index (Phi) is 5.99. The van der Waals surface area contributed by atoms with E-state index in [0.717, 1.165) is 5.39 Å². The smallest absolute Gasteiger partial charge is 0.275 e. The summed E-state index contributed by atoms with van der Waals surface area (Å²) < 4.78 is 6.80. The average molecular weight is 400 g/mol. The first-order valence-electron chi connectivity index (χ1n) is 9.04. The Morgan fingerprint density at radius 1 is 1.21 bits per heavy atom. The Hall–Kier alpha value is -2.86. The molecular formula is C21H22ClN3O3. The van der Waals surface area contributed by atoms with Gasteiger partial charge in [-0.3, -0.25) is 9.59 Å². The van der Waals surface area contributed by atoms with Crippen molar-refractivity contribution in [2.24, 2.45) is 5.92 Å². The summed E-state index contributed by atoms with van der Waals surface area (Å²) in [6.45, 7) is 6.28. The van der Waals surface area contributed by atoms with Crippen molar-refractivity contribution in [2.45, 2.75) is 27.3 Å². The van der Waals surface area contributed by atoms with Crippen LogP contribution in [0, 0.1) is 12.8 Å². The highest BCUT2D eigenvalue weighted by Gasteiger charge is 2.12. The van der Waals surface area contributed by atoms with Crippen LogP contribution in [0.2, 0.25) is 5.02 Å². The van der Waals surface area contributed by atoms with Crippen LogP contribution in [0.3, 0.4) is 0 Å². The standard InChI is InChI=1S/C21H22ClN3O3/c1-13(2)12-28-19-9-8-15(10-18(19)22)23-20(26)11-25-21(27)17-7-5-4-6-16(17)14(3)24-25/h4-10,13H,11-12H2,1-3H3,(H,23,26). The maximum absolute atomic E-state index is 12.6. The summed E-state index contributed by atoms with van der Waals surface area (Å²) in [4.78, 5) is 25.0. The van der Waals surface area contributed by atoms with E-state index in [1.807, 2.05) is 32.9 Å². The number of ether oxygens (including phenoxy) is 1. The second kappa shape index (κ2) is 8.44. The van der Waals surface area contributed by atoms with E-state index in [-0.39, 0.29) is 18.0 Å². The highest BCUT2D eigenvalue weighted by Crippen LogP contribution is 2.28. The highest BCUT2D eigenvalue weighted by atomic mass is 35.5. The van der Waals surface area contributed by atoms with Gasteiger partial charge in [0, 0.05) is 11.1 Å². The lowest BCUT2D eigenvalue weighted by atomic mass is 10.1. The fraction of sp³-hybridized carbons (Fsp3) is 0.286. The predicted molar refractivity (Wildman–Crippen MR) is 111 cm³/mol. The molecule has 3 aromatic rings. The number of hydrogen-bond acceptors (Lipinski definition) is 4. The van der Waals surface area contributed by atoms with Crippen LogP contribution >= 0.6 is 11.6 Å². The van der Waals surface area contributed by atoms with Crippen molar-refractivity contribution in [1.82, 2.24) is 9.78 Å². The molecule has 0 radical (unpaired) electrons. The molecule has 0 saturated carbocycles. The summed E-state index contributed by atoms with van der Waals surface area (Å²) in [5.41, 5.74) is 0.918. The Balaban J connectivity index is 1.74. The molecule has 0 aliphatic rings. The first-order chi connectivity index (χ1) is 13.3. The molecule has 0 bridgehead atoms. The lowest BCUT2D eigenvalue weighted by Crippen LogP contribution is -2.30. The van der Waals surface area contributed by atoms with Gasteiger partial charge >= 0.3 is 0 Å². The third kappa shape index (κ3) is 4.51. The summed E-state index contributed by atoms with van der Waals surface area (Å²) >= 11 is 6.22. The molecule has 0 atom stereocenters. The lowest BCUT2D eigenvalue weighted by Gasteiger charge is -2.12. The molecule has 28 heavy (non-hydrogen) atoms. The van der Waals surface area contributed by atoms with Crippen LogP contribution in [0.1, 0.15) is 19.5 Å². The molecule has 1 aromatic heterocycles. The van der Waals surface area contributed by atoms with Gasteiger partial charge in [-0.2, -0.15) is 5.10 Å². The molecule has 0 aliphatic heterocycles. The lowest BCUT2D eigenvalue weighted by molar-refractivity contribution is -0.117. The van der Waals surface area contributed by atoms with Gasteiger partial charge in [0.15, 0.2) is 0 Å². The third-order valence-electron chi connectivity index (χ3n) is 4.13. The summed E-state index contributed by atoms with van der Waals surface area (Å²) in [5.74, 6) is 0.583. The van der Waals surface area contributed by atoms with Crippen LogP contribution in [0.15, 0.2) is 47.3 Å². The van der Waals surface area contributed by atoms with E-state index < -0.39 is 0 Å². The van der Waals surface area contributed by atoms with E-state index in [9.17, 15) is 9.59 Å². The predicted octanol–water partition coefficient (Wildman–Crippen LogP) is 4.03. The molecule has 1 N–H and O–H groups in total. The molecule has 1 amide bonds. The summed E-state index contributed by atoms with van der Waals surface area (Å²) in [6.07, 6.45) is 0. The van der Waals surface area contributed by atoms with Crippen molar-refractivity contribution < 1.29 is 9.53 Å². The van der Waals surface area contributed by atoms with Crippen molar-refractivity contribution in [1.29, 1.82) is 0 Å². The molecule has 7 heteroatoms. The van der Waals surface area contributed by atoms with Crippen LogP contribution in [0.25, 0.3) is 10.8 Å². The van der Waals surface area contributed by atoms with Gasteiger partial charge in [0.2, 0.25) is 5.91 Å². The number of nitrogens with one attached hydrogen (secondary N) is 1. The maximum atomic E-state index is 12.6. The molecule has 0 spiro atoms. The van der Waals surface area contributed by atoms with E-state index in [1.165, 1.54) is 4.68 Å². The maximum Gasteiger partial charge on any atom is 0.275 e. The molecule has 3 rings (SSSR count). The summed E-state index contributed by atoms with van der Waals surface area (Å²) in [7, 11) is 0. The van der Waals surface area contributed by atoms with Gasteiger partial charge < -0.3 is 10.1 Å². The molecule has 6 nitrogen and oxygen atoms in total. The number of rotatable bonds is 6. The highest BCUT2D eigenvalue weighted by molar-refractivity contribution is 6.32. The van der Waals surface area contributed by atoms with E-state index in [4.69, 9.17) is 16.3 Å². The molecule has 0 fully saturated rings. The van der Waals surface area contributed by atoms with Gasteiger partial charge in [-0.25, -0.2) is 4.68 Å². The van der Waals surface area contributed by atoms with Crippen molar-refractivity contribution in [3.05, 3.63) is 63.5 Å². The van der Waals surface area contributed by atoms with Crippen LogP contribution < -0.4 is 15.6 Å². The van der Waals surface area contributed by atoms with E-state index in [2.05, 4.69) is 10.4 Å². The van der Waals surface area contributed by atoms with E-state index in [1.54, 1.807) is 30.3 Å². The Morgan fingerprint density at radius 2 is 1.93 bits per heavy atom. The normalized spacial score (nSPS) is 11.0. The van der Waals surface area contributed by atoms with Crippen LogP contribution in [-0.2, 0) is 11.3 Å². The molecule has 146 valence electrons. The molecule has 0 saturated heterocycles. The molecule has 0 unspecified atom stereocenters. The number of halogens is 1. The zero-order chi connectivity index (χ0) is 20.3. The Bertz CT molecular complexity index is 1080. The minimum absolute atomic E-state index is 0.187. The average Bonchev–Trinajstić information content (AvgIpc) is 2.65. The number of aromatic nitrogens is 2. The first-order valence-corrected chi connectivity index (χ1v) is 9.41. The number of carbonyl (C=O) groups excluding carboxylic acids is 1. The molecule has 2 aromatic carbocycles. The number of anilines is 1. The minimum atomic E-state index is -0.365. The fourth-order valence-electron chi connectivity index (χ4n) is 2.80. The number of aryl methyl sites for hydroxylation is 1. The SMILES string of the molecule is Cc1nn(CC(=O)Nc2ccc(OCC(C)C)c(Cl)c2)c(=O)c2ccccc12. The minimum Gasteiger partial charge on any atom is -0.492 e. The van der Waals surface area contributed by atoms with Gasteiger partial charge in [0.05, 0.1) is 22.7 Å². The number of nitrogens with zero attached hydrogens (tertiary/aromatic N) is 2. The van der Waals surface area contributed by atoms with Gasteiger partial charge in [0.1, 0.15) is 12.3 Å². The molecule has 0 aliphatic carbocycles. The van der Waals surface area contributed by atoms with E-state index in [0.29, 0.717) is 40.1 Å². The van der Waals surface area contributed by atoms with Gasteiger partial charge in [-0.1, -0.05) is 43.6 Å². The van der Waals surface area contributed by atoms with Crippen LogP contribution in [0.4, 0.5) is 5.69 Å². The van der Waals surface area contributed by atoms with Crippen LogP contribution in [0.5, 0.6) is 5.75 Å². The second-order valence-electron chi connectivity index (χ2n) is 6.99. The quantitative estimate of drug-likeness (QED) is 0.679. The third-order valence-corrected chi connectivity index (χ3v) is 4.43. The second-order valence-corrected chi connectivity index (χ2v) is 7.40. The topological polar surface area (TPSA) is 73.2 Å². The van der Waals surface area contributed by atoms with Crippen molar-refractivity contribution in [3.8, 4) is 5.75 Å². The number of hydrogen-bond donors (Lipinski definition) is 1. The fourth-order valence-corrected chi connectivity index (χ4v) is 3.04.